The van der Waals surface area contributed by atoms with Gasteiger partial charge < -0.3 is 15.2 Å². The molecule has 4 rings (SSSR count). The SMILES string of the molecule is CC(C)CNC[C@@H](C)[C@H]1CC[C@H]2C3=C(CC[C@]12C)[C@@]1(C)CC[C@H](O)C[C@@H]1C(=O)O3. The van der Waals surface area contributed by atoms with E-state index in [-0.39, 0.29) is 28.8 Å². The molecule has 2 saturated carbocycles. The highest BCUT2D eigenvalue weighted by molar-refractivity contribution is 5.77. The highest BCUT2D eigenvalue weighted by Gasteiger charge is 2.59. The first-order valence-electron chi connectivity index (χ1n) is 12.0. The number of aliphatic hydroxyl groups is 1. The van der Waals surface area contributed by atoms with Gasteiger partial charge in [0.15, 0.2) is 0 Å². The maximum absolute atomic E-state index is 13.0. The van der Waals surface area contributed by atoms with E-state index in [9.17, 15) is 9.90 Å². The maximum Gasteiger partial charge on any atom is 0.315 e. The molecule has 0 saturated heterocycles. The molecule has 0 aromatic carbocycles. The van der Waals surface area contributed by atoms with Crippen LogP contribution in [0, 0.1) is 40.4 Å². The zero-order valence-corrected chi connectivity index (χ0v) is 19.1. The van der Waals surface area contributed by atoms with Crippen LogP contribution in [0.15, 0.2) is 11.3 Å². The van der Waals surface area contributed by atoms with Crippen LogP contribution < -0.4 is 5.32 Å². The number of hydrogen-bond donors (Lipinski definition) is 2. The summed E-state index contributed by atoms with van der Waals surface area (Å²) in [7, 11) is 0. The molecule has 0 aromatic rings. The zero-order valence-electron chi connectivity index (χ0n) is 19.1. The van der Waals surface area contributed by atoms with Gasteiger partial charge in [0.2, 0.25) is 0 Å². The summed E-state index contributed by atoms with van der Waals surface area (Å²) >= 11 is 0. The van der Waals surface area contributed by atoms with Gasteiger partial charge in [-0.25, -0.2) is 0 Å². The largest absolute Gasteiger partial charge is 0.431 e. The van der Waals surface area contributed by atoms with E-state index in [2.05, 4.69) is 39.9 Å². The highest BCUT2D eigenvalue weighted by atomic mass is 16.5. The van der Waals surface area contributed by atoms with E-state index < -0.39 is 0 Å². The molecule has 2 fully saturated rings. The molecule has 0 amide bonds. The molecule has 2 N–H and O–H groups in total. The van der Waals surface area contributed by atoms with Crippen LogP contribution in [-0.4, -0.2) is 30.3 Å². The van der Waals surface area contributed by atoms with Gasteiger partial charge in [-0.15, -0.1) is 0 Å². The molecule has 164 valence electrons. The van der Waals surface area contributed by atoms with Crippen molar-refractivity contribution in [2.75, 3.05) is 13.1 Å². The van der Waals surface area contributed by atoms with Crippen molar-refractivity contribution in [3.63, 3.8) is 0 Å². The Kier molecular flexibility index (Phi) is 5.65. The van der Waals surface area contributed by atoms with E-state index in [4.69, 9.17) is 4.74 Å². The second-order valence-electron chi connectivity index (χ2n) is 11.4. The summed E-state index contributed by atoms with van der Waals surface area (Å²) in [4.78, 5) is 13.0. The number of carbonyl (C=O) groups is 1. The molecule has 0 bridgehead atoms. The van der Waals surface area contributed by atoms with E-state index in [0.29, 0.717) is 30.1 Å². The summed E-state index contributed by atoms with van der Waals surface area (Å²) in [6.07, 6.45) is 6.57. The van der Waals surface area contributed by atoms with E-state index in [1.165, 1.54) is 18.4 Å². The van der Waals surface area contributed by atoms with Crippen molar-refractivity contribution in [1.29, 1.82) is 0 Å². The number of ether oxygens (including phenoxy) is 1. The van der Waals surface area contributed by atoms with Gasteiger partial charge in [-0.1, -0.05) is 34.6 Å². The Morgan fingerprint density at radius 3 is 2.59 bits per heavy atom. The van der Waals surface area contributed by atoms with Gasteiger partial charge in [0.25, 0.3) is 0 Å². The van der Waals surface area contributed by atoms with E-state index >= 15 is 0 Å². The summed E-state index contributed by atoms with van der Waals surface area (Å²) in [5.74, 6) is 3.19. The third kappa shape index (κ3) is 3.48. The first kappa shape index (κ1) is 21.4. The van der Waals surface area contributed by atoms with Crippen LogP contribution in [0.5, 0.6) is 0 Å². The molecule has 4 heteroatoms. The minimum atomic E-state index is -0.355. The van der Waals surface area contributed by atoms with Crippen LogP contribution in [0.4, 0.5) is 0 Å². The Balaban J connectivity index is 1.57. The van der Waals surface area contributed by atoms with Gasteiger partial charge in [0.05, 0.1) is 12.0 Å². The van der Waals surface area contributed by atoms with E-state index in [1.54, 1.807) is 0 Å². The molecule has 0 aromatic heterocycles. The normalized spacial score (nSPS) is 42.9. The molecular formula is C25H41NO3. The fraction of sp³-hybridized carbons (Fsp3) is 0.880. The summed E-state index contributed by atoms with van der Waals surface area (Å²) in [5, 5.41) is 13.8. The Bertz CT molecular complexity index is 686. The quantitative estimate of drug-likeness (QED) is 0.655. The number of allylic oxidation sites excluding steroid dienone is 2. The monoisotopic (exact) mass is 403 g/mol. The van der Waals surface area contributed by atoms with Gasteiger partial charge in [0, 0.05) is 11.3 Å². The lowest BCUT2D eigenvalue weighted by Crippen LogP contribution is -2.50. The van der Waals surface area contributed by atoms with Gasteiger partial charge in [-0.05, 0) is 86.8 Å². The third-order valence-corrected chi connectivity index (χ3v) is 9.10. The second-order valence-corrected chi connectivity index (χ2v) is 11.4. The number of rotatable bonds is 5. The maximum atomic E-state index is 13.0. The standard InChI is InChI=1S/C25H41NO3/c1-15(2)13-26-14-16(3)18-6-7-19-22-20(9-11-24(18,19)4)25(5)10-8-17(27)12-21(25)23(28)29-22/h15-19,21,26-27H,6-14H2,1-5H3/t16-,17+,18-,19+,21-,24-,25-/m1/s1. The highest BCUT2D eigenvalue weighted by Crippen LogP contribution is 2.64. The Morgan fingerprint density at radius 2 is 1.86 bits per heavy atom. The minimum absolute atomic E-state index is 0.0793. The van der Waals surface area contributed by atoms with Gasteiger partial charge >= 0.3 is 5.97 Å². The summed E-state index contributed by atoms with van der Waals surface area (Å²) in [6, 6.07) is 0. The van der Waals surface area contributed by atoms with E-state index in [1.807, 2.05) is 0 Å². The van der Waals surface area contributed by atoms with Crippen LogP contribution in [0.1, 0.15) is 79.6 Å². The minimum Gasteiger partial charge on any atom is -0.431 e. The third-order valence-electron chi connectivity index (χ3n) is 9.10. The fourth-order valence-corrected chi connectivity index (χ4v) is 7.35. The van der Waals surface area contributed by atoms with Crippen molar-refractivity contribution >= 4 is 5.97 Å². The van der Waals surface area contributed by atoms with Crippen molar-refractivity contribution in [1.82, 2.24) is 5.32 Å². The molecule has 0 radical (unpaired) electrons. The second kappa shape index (κ2) is 7.67. The van der Waals surface area contributed by atoms with Gasteiger partial charge in [0.1, 0.15) is 5.76 Å². The predicted molar refractivity (Wildman–Crippen MR) is 115 cm³/mol. The van der Waals surface area contributed by atoms with Crippen molar-refractivity contribution in [2.45, 2.75) is 85.7 Å². The molecule has 4 nitrogen and oxygen atoms in total. The van der Waals surface area contributed by atoms with Crippen molar-refractivity contribution in [3.05, 3.63) is 11.3 Å². The number of esters is 1. The number of fused-ring (bicyclic) bond motifs is 4. The molecule has 7 atom stereocenters. The first-order chi connectivity index (χ1) is 13.7. The Hall–Kier alpha value is -0.870. The lowest BCUT2D eigenvalue weighted by atomic mass is 9.55. The van der Waals surface area contributed by atoms with E-state index in [0.717, 1.165) is 44.5 Å². The summed E-state index contributed by atoms with van der Waals surface area (Å²) < 4.78 is 6.11. The molecule has 1 aliphatic heterocycles. The smallest absolute Gasteiger partial charge is 0.315 e. The average molecular weight is 404 g/mol. The summed E-state index contributed by atoms with van der Waals surface area (Å²) in [6.45, 7) is 13.8. The van der Waals surface area contributed by atoms with Crippen LogP contribution in [0.3, 0.4) is 0 Å². The molecule has 4 aliphatic rings. The van der Waals surface area contributed by atoms with Crippen LogP contribution in [0.25, 0.3) is 0 Å². The molecule has 1 heterocycles. The first-order valence-corrected chi connectivity index (χ1v) is 12.0. The van der Waals surface area contributed by atoms with Crippen LogP contribution >= 0.6 is 0 Å². The Labute approximate surface area is 176 Å². The molecular weight excluding hydrogens is 362 g/mol. The van der Waals surface area contributed by atoms with Crippen LogP contribution in [-0.2, 0) is 9.53 Å². The number of carbonyl (C=O) groups excluding carboxylic acids is 1. The Morgan fingerprint density at radius 1 is 1.10 bits per heavy atom. The van der Waals surface area contributed by atoms with Gasteiger partial charge in [-0.2, -0.15) is 0 Å². The molecule has 3 aliphatic carbocycles. The van der Waals surface area contributed by atoms with Crippen molar-refractivity contribution in [3.8, 4) is 0 Å². The lowest BCUT2D eigenvalue weighted by Gasteiger charge is -2.53. The number of hydrogen-bond acceptors (Lipinski definition) is 4. The molecule has 0 unspecified atom stereocenters. The fourth-order valence-electron chi connectivity index (χ4n) is 7.35. The number of aliphatic hydroxyl groups excluding tert-OH is 1. The number of nitrogens with one attached hydrogen (secondary N) is 1. The molecule has 0 spiro atoms. The lowest BCUT2D eigenvalue weighted by molar-refractivity contribution is -0.159. The van der Waals surface area contributed by atoms with Crippen molar-refractivity contribution in [2.24, 2.45) is 40.4 Å². The molecule has 29 heavy (non-hydrogen) atoms. The summed E-state index contributed by atoms with van der Waals surface area (Å²) in [5.41, 5.74) is 1.55. The topological polar surface area (TPSA) is 58.6 Å². The van der Waals surface area contributed by atoms with Gasteiger partial charge in [-0.3, -0.25) is 4.79 Å². The van der Waals surface area contributed by atoms with Crippen molar-refractivity contribution < 1.29 is 14.6 Å². The average Bonchev–Trinajstić information content (AvgIpc) is 3.00. The van der Waals surface area contributed by atoms with Crippen LogP contribution in [0.2, 0.25) is 0 Å². The zero-order chi connectivity index (χ0) is 21.0. The predicted octanol–water partition coefficient (Wildman–Crippen LogP) is 4.67.